The van der Waals surface area contributed by atoms with E-state index in [0.29, 0.717) is 0 Å². The van der Waals surface area contributed by atoms with Crippen molar-refractivity contribution in [2.24, 2.45) is 0 Å². The maximum absolute atomic E-state index is 11.7. The first-order valence-electron chi connectivity index (χ1n) is 10.9. The van der Waals surface area contributed by atoms with E-state index in [2.05, 4.69) is 61.7 Å². The second kappa shape index (κ2) is 8.87. The average Bonchev–Trinajstić information content (AvgIpc) is 2.74. The van der Waals surface area contributed by atoms with Crippen molar-refractivity contribution in [2.75, 3.05) is 5.32 Å². The zero-order valence-electron chi connectivity index (χ0n) is 19.2. The smallest absolute Gasteiger partial charge is 0.407 e. The molecule has 0 aliphatic carbocycles. The van der Waals surface area contributed by atoms with Crippen LogP contribution >= 0.6 is 0 Å². The maximum atomic E-state index is 11.7. The van der Waals surface area contributed by atoms with Gasteiger partial charge in [-0.2, -0.15) is 0 Å². The monoisotopic (exact) mass is 427 g/mol. The number of pyridine rings is 1. The lowest BCUT2D eigenvalue weighted by Gasteiger charge is -2.16. The lowest BCUT2D eigenvalue weighted by molar-refractivity contribution is 0.137. The number of aryl methyl sites for hydroxylation is 3. The summed E-state index contributed by atoms with van der Waals surface area (Å²) in [4.78, 5) is 16.6. The van der Waals surface area contributed by atoms with Crippen LogP contribution in [0.4, 0.5) is 16.2 Å². The highest BCUT2D eigenvalue weighted by molar-refractivity contribution is 6.09. The molecule has 1 aromatic heterocycles. The van der Waals surface area contributed by atoms with Crippen LogP contribution in [0.2, 0.25) is 0 Å². The van der Waals surface area contributed by atoms with Crippen LogP contribution in [-0.2, 0) is 11.3 Å². The molecule has 1 heterocycles. The van der Waals surface area contributed by atoms with Gasteiger partial charge in [-0.3, -0.25) is 0 Å². The Kier molecular flexibility index (Phi) is 5.99. The van der Waals surface area contributed by atoms with Crippen molar-refractivity contribution < 1.29 is 9.53 Å². The number of aromatic nitrogens is 1. The Labute approximate surface area is 188 Å². The van der Waals surface area contributed by atoms with E-state index in [1.165, 1.54) is 16.7 Å². The van der Waals surface area contributed by atoms with Gasteiger partial charge < -0.3 is 15.4 Å². The summed E-state index contributed by atoms with van der Waals surface area (Å²) in [6.07, 6.45) is -0.405. The Hall–Kier alpha value is -3.60. The van der Waals surface area contributed by atoms with Crippen LogP contribution in [0.5, 0.6) is 0 Å². The van der Waals surface area contributed by atoms with Crippen LogP contribution < -0.4 is 10.6 Å². The first-order chi connectivity index (χ1) is 15.3. The quantitative estimate of drug-likeness (QED) is 0.348. The molecule has 3 aromatic carbocycles. The van der Waals surface area contributed by atoms with E-state index in [1.54, 1.807) is 0 Å². The molecule has 2 N–H and O–H groups in total. The number of alkyl carbamates (subject to hydrolysis) is 1. The molecule has 0 radical (unpaired) electrons. The summed E-state index contributed by atoms with van der Waals surface area (Å²) in [5.41, 5.74) is 8.56. The molecular weight excluding hydrogens is 398 g/mol. The molecule has 0 fully saturated rings. The molecule has 0 aliphatic heterocycles. The van der Waals surface area contributed by atoms with Crippen LogP contribution in [-0.4, -0.2) is 17.1 Å². The number of rotatable bonds is 5. The fourth-order valence-corrected chi connectivity index (χ4v) is 3.71. The molecule has 0 spiro atoms. The van der Waals surface area contributed by atoms with Crippen LogP contribution in [0, 0.1) is 20.8 Å². The summed E-state index contributed by atoms with van der Waals surface area (Å²) >= 11 is 0. The Morgan fingerprint density at radius 1 is 0.906 bits per heavy atom. The van der Waals surface area contributed by atoms with E-state index >= 15 is 0 Å². The van der Waals surface area contributed by atoms with Crippen molar-refractivity contribution in [1.82, 2.24) is 10.3 Å². The number of carbonyl (C=O) groups is 1. The van der Waals surface area contributed by atoms with E-state index < -0.39 is 6.09 Å². The minimum Gasteiger partial charge on any atom is -0.445 e. The molecule has 0 saturated heterocycles. The summed E-state index contributed by atoms with van der Waals surface area (Å²) in [6.45, 7) is 10.4. The average molecular weight is 428 g/mol. The summed E-state index contributed by atoms with van der Waals surface area (Å²) < 4.78 is 5.27. The number of amides is 1. The predicted octanol–water partition coefficient (Wildman–Crippen LogP) is 6.69. The number of benzene rings is 3. The van der Waals surface area contributed by atoms with Crippen LogP contribution in [0.1, 0.15) is 36.1 Å². The highest BCUT2D eigenvalue weighted by Gasteiger charge is 2.12. The summed E-state index contributed by atoms with van der Waals surface area (Å²) in [7, 11) is 0. The lowest BCUT2D eigenvalue weighted by atomic mass is 10.0. The molecule has 164 valence electrons. The van der Waals surface area contributed by atoms with Crippen molar-refractivity contribution >= 4 is 39.3 Å². The van der Waals surface area contributed by atoms with Crippen LogP contribution in [0.15, 0.2) is 54.6 Å². The molecule has 4 rings (SSSR count). The predicted molar refractivity (Wildman–Crippen MR) is 132 cm³/mol. The molecule has 0 atom stereocenters. The molecule has 0 unspecified atom stereocenters. The largest absolute Gasteiger partial charge is 0.445 e. The van der Waals surface area contributed by atoms with Gasteiger partial charge in [0.25, 0.3) is 0 Å². The Bertz CT molecular complexity index is 1290. The van der Waals surface area contributed by atoms with E-state index in [4.69, 9.17) is 9.72 Å². The van der Waals surface area contributed by atoms with Gasteiger partial charge >= 0.3 is 6.09 Å². The van der Waals surface area contributed by atoms with E-state index in [1.807, 2.05) is 38.1 Å². The zero-order valence-corrected chi connectivity index (χ0v) is 19.2. The molecule has 1 amide bonds. The number of anilines is 2. The van der Waals surface area contributed by atoms with Crippen molar-refractivity contribution in [3.63, 3.8) is 0 Å². The fourth-order valence-electron chi connectivity index (χ4n) is 3.71. The third-order valence-electron chi connectivity index (χ3n) is 5.54. The fraction of sp³-hybridized carbons (Fsp3) is 0.259. The van der Waals surface area contributed by atoms with Gasteiger partial charge in [-0.25, -0.2) is 9.78 Å². The minimum atomic E-state index is -0.405. The number of ether oxygens (including phenoxy) is 1. The van der Waals surface area contributed by atoms with Crippen molar-refractivity contribution in [3.05, 3.63) is 76.9 Å². The van der Waals surface area contributed by atoms with Gasteiger partial charge in [0.2, 0.25) is 0 Å². The van der Waals surface area contributed by atoms with Gasteiger partial charge in [-0.1, -0.05) is 23.8 Å². The number of nitrogens with one attached hydrogen (secondary N) is 2. The zero-order chi connectivity index (χ0) is 22.8. The van der Waals surface area contributed by atoms with Crippen LogP contribution in [0.25, 0.3) is 21.8 Å². The molecule has 0 saturated carbocycles. The summed E-state index contributed by atoms with van der Waals surface area (Å²) in [6, 6.07) is 18.7. The van der Waals surface area contributed by atoms with E-state index in [9.17, 15) is 4.79 Å². The molecule has 5 nitrogen and oxygen atoms in total. The number of hydrogen-bond acceptors (Lipinski definition) is 4. The Morgan fingerprint density at radius 3 is 2.31 bits per heavy atom. The highest BCUT2D eigenvalue weighted by Crippen LogP contribution is 2.35. The van der Waals surface area contributed by atoms with Gasteiger partial charge in [0.1, 0.15) is 6.61 Å². The number of carbonyl (C=O) groups excluding carboxylic acids is 1. The van der Waals surface area contributed by atoms with Gasteiger partial charge in [0.15, 0.2) is 0 Å². The van der Waals surface area contributed by atoms with Gasteiger partial charge in [-0.15, -0.1) is 0 Å². The Balaban J connectivity index is 1.66. The van der Waals surface area contributed by atoms with Gasteiger partial charge in [0.05, 0.1) is 16.7 Å². The van der Waals surface area contributed by atoms with E-state index in [-0.39, 0.29) is 12.6 Å². The molecule has 5 heteroatoms. The summed E-state index contributed by atoms with van der Waals surface area (Å²) in [5.74, 6) is 0. The number of fused-ring (bicyclic) bond motifs is 2. The normalized spacial score (nSPS) is 11.2. The van der Waals surface area contributed by atoms with E-state index in [0.717, 1.165) is 38.7 Å². The highest BCUT2D eigenvalue weighted by atomic mass is 16.5. The molecular formula is C27H29N3O2. The van der Waals surface area contributed by atoms with Crippen LogP contribution in [0.3, 0.4) is 0 Å². The first-order valence-corrected chi connectivity index (χ1v) is 10.9. The first kappa shape index (κ1) is 21.6. The third kappa shape index (κ3) is 4.67. The molecule has 32 heavy (non-hydrogen) atoms. The van der Waals surface area contributed by atoms with Crippen molar-refractivity contribution in [2.45, 2.75) is 47.3 Å². The standard InChI is InChI=1S/C27H29N3O2/c1-16(2)28-27(31)32-15-20-7-9-21(10-8-20)29-26-22-12-17(3)6-11-24(22)30-25-14-19(5)18(4)13-23(25)26/h6-14,16H,15H2,1-5H3,(H,28,31)(H,29,30). The minimum absolute atomic E-state index is 0.0511. The summed E-state index contributed by atoms with van der Waals surface area (Å²) in [5, 5.41) is 8.54. The Morgan fingerprint density at radius 2 is 1.59 bits per heavy atom. The lowest BCUT2D eigenvalue weighted by Crippen LogP contribution is -2.30. The molecule has 4 aromatic rings. The van der Waals surface area contributed by atoms with Crippen molar-refractivity contribution in [3.8, 4) is 0 Å². The molecule has 0 bridgehead atoms. The third-order valence-corrected chi connectivity index (χ3v) is 5.54. The second-order valence-electron chi connectivity index (χ2n) is 8.66. The second-order valence-corrected chi connectivity index (χ2v) is 8.66. The topological polar surface area (TPSA) is 63.3 Å². The SMILES string of the molecule is Cc1ccc2nc3cc(C)c(C)cc3c(Nc3ccc(COC(=O)NC(C)C)cc3)c2c1. The maximum Gasteiger partial charge on any atom is 0.407 e. The van der Waals surface area contributed by atoms with Gasteiger partial charge in [0, 0.05) is 22.5 Å². The number of nitrogens with zero attached hydrogens (tertiary/aromatic N) is 1. The van der Waals surface area contributed by atoms with Crippen molar-refractivity contribution in [1.29, 1.82) is 0 Å². The number of hydrogen-bond donors (Lipinski definition) is 2. The van der Waals surface area contributed by atoms with Gasteiger partial charge in [-0.05, 0) is 87.7 Å². The molecule has 0 aliphatic rings.